The molecule has 2 N–H and O–H groups in total. The number of nitrogens with zero attached hydrogens (tertiary/aromatic N) is 2. The number of methoxy groups -OCH3 is 1. The highest BCUT2D eigenvalue weighted by Gasteiger charge is 2.09. The number of hydrogen-bond donors (Lipinski definition) is 2. The Bertz CT molecular complexity index is 917. The number of hydrogen-bond acceptors (Lipinski definition) is 5. The smallest absolute Gasteiger partial charge is 0.406 e. The predicted molar refractivity (Wildman–Crippen MR) is 106 cm³/mol. The molecule has 134 valence electrons. The third kappa shape index (κ3) is 4.49. The maximum Gasteiger partial charge on any atom is 0.406 e. The molecule has 0 spiro atoms. The number of anilines is 1. The van der Waals surface area contributed by atoms with E-state index in [4.69, 9.17) is 4.98 Å². The summed E-state index contributed by atoms with van der Waals surface area (Å²) in [6, 6.07) is 13.9. The molecule has 0 saturated heterocycles. The SMILES string of the molecule is COC(=O)NCCCNc1nc(-c2cccc(Br)c2)cc2ncccc12. The van der Waals surface area contributed by atoms with Crippen LogP contribution in [0.15, 0.2) is 53.1 Å². The Morgan fingerprint density at radius 3 is 2.88 bits per heavy atom. The van der Waals surface area contributed by atoms with Gasteiger partial charge in [-0.2, -0.15) is 0 Å². The summed E-state index contributed by atoms with van der Waals surface area (Å²) in [7, 11) is 1.35. The maximum atomic E-state index is 11.1. The van der Waals surface area contributed by atoms with Crippen molar-refractivity contribution >= 4 is 38.7 Å². The lowest BCUT2D eigenvalue weighted by Crippen LogP contribution is -2.25. The second-order valence-electron chi connectivity index (χ2n) is 5.64. The summed E-state index contributed by atoms with van der Waals surface area (Å²) in [5.41, 5.74) is 2.75. The van der Waals surface area contributed by atoms with Gasteiger partial charge < -0.3 is 15.4 Å². The van der Waals surface area contributed by atoms with Crippen LogP contribution in [0.2, 0.25) is 0 Å². The van der Waals surface area contributed by atoms with Gasteiger partial charge in [0, 0.05) is 34.7 Å². The summed E-state index contributed by atoms with van der Waals surface area (Å²) < 4.78 is 5.55. The maximum absolute atomic E-state index is 11.1. The van der Waals surface area contributed by atoms with Crippen molar-refractivity contribution in [1.82, 2.24) is 15.3 Å². The van der Waals surface area contributed by atoms with Crippen molar-refractivity contribution in [2.75, 3.05) is 25.5 Å². The second kappa shape index (κ2) is 8.62. The third-order valence-corrected chi connectivity index (χ3v) is 4.31. The number of pyridine rings is 2. The summed E-state index contributed by atoms with van der Waals surface area (Å²) in [6.07, 6.45) is 2.10. The van der Waals surface area contributed by atoms with E-state index < -0.39 is 6.09 Å². The minimum Gasteiger partial charge on any atom is -0.453 e. The van der Waals surface area contributed by atoms with E-state index in [0.717, 1.165) is 38.9 Å². The van der Waals surface area contributed by atoms with E-state index in [0.29, 0.717) is 13.1 Å². The molecular weight excluding hydrogens is 396 g/mol. The van der Waals surface area contributed by atoms with Crippen molar-refractivity contribution in [3.05, 3.63) is 53.1 Å². The fraction of sp³-hybridized carbons (Fsp3) is 0.211. The Morgan fingerprint density at radius 2 is 2.08 bits per heavy atom. The van der Waals surface area contributed by atoms with E-state index in [-0.39, 0.29) is 0 Å². The van der Waals surface area contributed by atoms with Crippen molar-refractivity contribution in [2.45, 2.75) is 6.42 Å². The van der Waals surface area contributed by atoms with Crippen LogP contribution in [-0.4, -0.2) is 36.3 Å². The van der Waals surface area contributed by atoms with E-state index >= 15 is 0 Å². The van der Waals surface area contributed by atoms with E-state index in [1.807, 2.05) is 42.5 Å². The lowest BCUT2D eigenvalue weighted by atomic mass is 10.1. The molecule has 2 heterocycles. The molecular formula is C19H19BrN4O2. The molecule has 3 aromatic rings. The van der Waals surface area contributed by atoms with Crippen LogP contribution >= 0.6 is 15.9 Å². The van der Waals surface area contributed by atoms with Crippen LogP contribution in [0.4, 0.5) is 10.6 Å². The van der Waals surface area contributed by atoms with Gasteiger partial charge in [-0.05, 0) is 36.8 Å². The third-order valence-electron chi connectivity index (χ3n) is 3.82. The first-order chi connectivity index (χ1) is 12.7. The molecule has 0 fully saturated rings. The van der Waals surface area contributed by atoms with Crippen LogP contribution in [0.3, 0.4) is 0 Å². The molecule has 3 rings (SSSR count). The summed E-state index contributed by atoms with van der Waals surface area (Å²) in [4.78, 5) is 20.3. The Balaban J connectivity index is 1.80. The Hall–Kier alpha value is -2.67. The summed E-state index contributed by atoms with van der Waals surface area (Å²) in [5.74, 6) is 0.781. The van der Waals surface area contributed by atoms with E-state index in [1.54, 1.807) is 6.20 Å². The number of fused-ring (bicyclic) bond motifs is 1. The summed E-state index contributed by atoms with van der Waals surface area (Å²) in [5, 5.41) is 6.97. The zero-order valence-corrected chi connectivity index (χ0v) is 15.9. The molecule has 7 heteroatoms. The highest BCUT2D eigenvalue weighted by Crippen LogP contribution is 2.28. The highest BCUT2D eigenvalue weighted by atomic mass is 79.9. The zero-order chi connectivity index (χ0) is 18.4. The topological polar surface area (TPSA) is 76.1 Å². The van der Waals surface area contributed by atoms with Gasteiger partial charge in [-0.25, -0.2) is 9.78 Å². The Kier molecular flexibility index (Phi) is 6.01. The van der Waals surface area contributed by atoms with Gasteiger partial charge in [0.05, 0.1) is 18.3 Å². The molecule has 0 aliphatic carbocycles. The fourth-order valence-electron chi connectivity index (χ4n) is 2.56. The molecule has 0 radical (unpaired) electrons. The van der Waals surface area contributed by atoms with Gasteiger partial charge in [-0.1, -0.05) is 28.1 Å². The monoisotopic (exact) mass is 414 g/mol. The molecule has 1 aromatic carbocycles. The molecule has 2 aromatic heterocycles. The van der Waals surface area contributed by atoms with Gasteiger partial charge in [0.1, 0.15) is 5.82 Å². The molecule has 0 unspecified atom stereocenters. The number of amides is 1. The highest BCUT2D eigenvalue weighted by molar-refractivity contribution is 9.10. The van der Waals surface area contributed by atoms with Crippen LogP contribution in [0.5, 0.6) is 0 Å². The number of rotatable bonds is 6. The molecule has 6 nitrogen and oxygen atoms in total. The van der Waals surface area contributed by atoms with E-state index in [1.165, 1.54) is 7.11 Å². The van der Waals surface area contributed by atoms with Crippen LogP contribution in [-0.2, 0) is 4.74 Å². The number of ether oxygens (including phenoxy) is 1. The average molecular weight is 415 g/mol. The van der Waals surface area contributed by atoms with Gasteiger partial charge >= 0.3 is 6.09 Å². The quantitative estimate of drug-likeness (QED) is 0.590. The first kappa shape index (κ1) is 18.1. The lowest BCUT2D eigenvalue weighted by molar-refractivity contribution is 0.171. The normalized spacial score (nSPS) is 10.5. The van der Waals surface area contributed by atoms with Crippen molar-refractivity contribution in [2.24, 2.45) is 0 Å². The van der Waals surface area contributed by atoms with E-state index in [2.05, 4.69) is 36.3 Å². The molecule has 0 aliphatic rings. The molecule has 0 atom stereocenters. The van der Waals surface area contributed by atoms with Crippen molar-refractivity contribution in [1.29, 1.82) is 0 Å². The minimum atomic E-state index is -0.422. The fourth-order valence-corrected chi connectivity index (χ4v) is 2.96. The largest absolute Gasteiger partial charge is 0.453 e. The van der Waals surface area contributed by atoms with Gasteiger partial charge in [-0.3, -0.25) is 4.98 Å². The molecule has 1 amide bonds. The number of alkyl carbamates (subject to hydrolysis) is 1. The van der Waals surface area contributed by atoms with Crippen LogP contribution in [0.1, 0.15) is 6.42 Å². The van der Waals surface area contributed by atoms with Crippen molar-refractivity contribution in [3.63, 3.8) is 0 Å². The number of halogens is 1. The minimum absolute atomic E-state index is 0.422. The molecule has 0 aliphatic heterocycles. The van der Waals surface area contributed by atoms with Crippen molar-refractivity contribution < 1.29 is 9.53 Å². The molecule has 0 bridgehead atoms. The number of carbonyl (C=O) groups is 1. The standard InChI is InChI=1S/C19H19BrN4O2/c1-26-19(25)23-10-4-9-22-18-15-7-3-8-21-17(15)12-16(24-18)13-5-2-6-14(20)11-13/h2-3,5-8,11-12H,4,9-10H2,1H3,(H,22,24)(H,23,25). The van der Waals surface area contributed by atoms with Gasteiger partial charge in [0.25, 0.3) is 0 Å². The number of benzene rings is 1. The predicted octanol–water partition coefficient (Wildman–Crippen LogP) is 4.22. The van der Waals surface area contributed by atoms with Gasteiger partial charge in [0.2, 0.25) is 0 Å². The molecule has 26 heavy (non-hydrogen) atoms. The van der Waals surface area contributed by atoms with Gasteiger partial charge in [-0.15, -0.1) is 0 Å². The van der Waals surface area contributed by atoms with E-state index in [9.17, 15) is 4.79 Å². The first-order valence-corrected chi connectivity index (χ1v) is 9.04. The number of nitrogens with one attached hydrogen (secondary N) is 2. The van der Waals surface area contributed by atoms with Crippen LogP contribution in [0.25, 0.3) is 22.2 Å². The average Bonchev–Trinajstić information content (AvgIpc) is 2.67. The second-order valence-corrected chi connectivity index (χ2v) is 6.55. The zero-order valence-electron chi connectivity index (χ0n) is 14.3. The molecule has 0 saturated carbocycles. The Morgan fingerprint density at radius 1 is 1.19 bits per heavy atom. The van der Waals surface area contributed by atoms with Crippen LogP contribution < -0.4 is 10.6 Å². The van der Waals surface area contributed by atoms with Crippen molar-refractivity contribution in [3.8, 4) is 11.3 Å². The number of aromatic nitrogens is 2. The first-order valence-electron chi connectivity index (χ1n) is 8.25. The van der Waals surface area contributed by atoms with Crippen LogP contribution in [0, 0.1) is 0 Å². The lowest BCUT2D eigenvalue weighted by Gasteiger charge is -2.11. The Labute approximate surface area is 160 Å². The summed E-state index contributed by atoms with van der Waals surface area (Å²) >= 11 is 3.50. The number of carbonyl (C=O) groups excluding carboxylic acids is 1. The van der Waals surface area contributed by atoms with Gasteiger partial charge in [0.15, 0.2) is 0 Å². The summed E-state index contributed by atoms with van der Waals surface area (Å²) in [6.45, 7) is 1.20.